The van der Waals surface area contributed by atoms with Crippen LogP contribution in [0.15, 0.2) is 72.8 Å². The first-order chi connectivity index (χ1) is 17.0. The maximum atomic E-state index is 12.4. The highest BCUT2D eigenvalue weighted by Gasteiger charge is 2.47. The Morgan fingerprint density at radius 2 is 1.78 bits per heavy atom. The molecule has 1 aliphatic heterocycles. The van der Waals surface area contributed by atoms with Gasteiger partial charge in [0.25, 0.3) is 0 Å². The molecule has 0 spiro atoms. The molecule has 1 heterocycles. The third-order valence-electron chi connectivity index (χ3n) is 7.26. The topological polar surface area (TPSA) is 67.4 Å². The number of hydrogen-bond acceptors (Lipinski definition) is 4. The largest absolute Gasteiger partial charge is 0.494 e. The van der Waals surface area contributed by atoms with Crippen LogP contribution in [0, 0.1) is 0 Å². The monoisotopic (exact) mass is 546 g/mol. The molecule has 0 amide bonds. The van der Waals surface area contributed by atoms with Crippen molar-refractivity contribution in [1.29, 1.82) is 0 Å². The van der Waals surface area contributed by atoms with Crippen LogP contribution in [0.1, 0.15) is 48.4 Å². The molecule has 1 saturated carbocycles. The van der Waals surface area contributed by atoms with Crippen molar-refractivity contribution in [3.05, 3.63) is 94.5 Å². The number of rotatable bonds is 9. The van der Waals surface area contributed by atoms with Crippen molar-refractivity contribution in [2.45, 2.75) is 43.6 Å². The van der Waals surface area contributed by atoms with Crippen LogP contribution >= 0.6 is 24.0 Å². The molecule has 0 radical (unpaired) electrons. The molecule has 36 heavy (non-hydrogen) atoms. The first-order valence-electron chi connectivity index (χ1n) is 12.3. The van der Waals surface area contributed by atoms with Gasteiger partial charge in [0.1, 0.15) is 5.75 Å². The third kappa shape index (κ3) is 5.83. The number of hydrogen-bond donors (Lipinski definition) is 2. The fraction of sp³-hybridized carbons (Fsp3) is 0.357. The Labute approximate surface area is 225 Å². The lowest BCUT2D eigenvalue weighted by atomic mass is 9.58. The number of fused-ring (bicyclic) bond motifs is 1. The van der Waals surface area contributed by atoms with Crippen LogP contribution < -0.4 is 14.8 Å². The molecule has 1 unspecified atom stereocenters. The minimum absolute atomic E-state index is 0. The summed E-state index contributed by atoms with van der Waals surface area (Å²) in [4.78, 5) is 0. The molecule has 8 heteroatoms. The smallest absolute Gasteiger partial charge is 0.232 e. The van der Waals surface area contributed by atoms with Crippen molar-refractivity contribution >= 4 is 39.7 Å². The van der Waals surface area contributed by atoms with Crippen molar-refractivity contribution in [1.82, 2.24) is 5.32 Å². The summed E-state index contributed by atoms with van der Waals surface area (Å²) in [5.41, 5.74) is 4.63. The van der Waals surface area contributed by atoms with Crippen LogP contribution in [0.4, 0.5) is 5.69 Å². The molecule has 1 aliphatic carbocycles. The van der Waals surface area contributed by atoms with Gasteiger partial charge in [-0.25, -0.2) is 8.42 Å². The Balaban J connectivity index is 0.00000304. The van der Waals surface area contributed by atoms with Gasteiger partial charge < -0.3 is 10.1 Å². The van der Waals surface area contributed by atoms with Gasteiger partial charge in [0.05, 0.1) is 12.4 Å². The van der Waals surface area contributed by atoms with Gasteiger partial charge in [-0.3, -0.25) is 4.72 Å². The zero-order chi connectivity index (χ0) is 24.3. The van der Waals surface area contributed by atoms with E-state index in [4.69, 9.17) is 16.3 Å². The van der Waals surface area contributed by atoms with Gasteiger partial charge in [-0.1, -0.05) is 54.4 Å². The Kier molecular flexibility index (Phi) is 8.51. The van der Waals surface area contributed by atoms with Crippen molar-refractivity contribution < 1.29 is 13.2 Å². The summed E-state index contributed by atoms with van der Waals surface area (Å²) in [6, 6.07) is 23.8. The Hall–Kier alpha value is -2.25. The molecule has 0 aromatic heterocycles. The first kappa shape index (κ1) is 26.8. The van der Waals surface area contributed by atoms with Gasteiger partial charge in [-0.05, 0) is 85.3 Å². The van der Waals surface area contributed by atoms with E-state index in [2.05, 4.69) is 34.3 Å². The predicted molar refractivity (Wildman–Crippen MR) is 149 cm³/mol. The van der Waals surface area contributed by atoms with Gasteiger partial charge in [0.2, 0.25) is 10.0 Å². The van der Waals surface area contributed by atoms with Gasteiger partial charge in [0, 0.05) is 22.2 Å². The van der Waals surface area contributed by atoms with E-state index in [1.165, 1.54) is 23.1 Å². The molecule has 1 fully saturated rings. The first-order valence-corrected chi connectivity index (χ1v) is 14.3. The second-order valence-corrected chi connectivity index (χ2v) is 11.8. The molecule has 2 aliphatic rings. The summed E-state index contributed by atoms with van der Waals surface area (Å²) in [5, 5.41) is 4.55. The summed E-state index contributed by atoms with van der Waals surface area (Å²) in [6.07, 6.45) is 4.91. The number of halogens is 2. The van der Waals surface area contributed by atoms with Crippen molar-refractivity contribution in [2.75, 3.05) is 23.6 Å². The van der Waals surface area contributed by atoms with Gasteiger partial charge in [0.15, 0.2) is 0 Å². The highest BCUT2D eigenvalue weighted by molar-refractivity contribution is 7.92. The van der Waals surface area contributed by atoms with Gasteiger partial charge in [-0.15, -0.1) is 12.4 Å². The summed E-state index contributed by atoms with van der Waals surface area (Å²) in [5.74, 6) is 0.799. The summed E-state index contributed by atoms with van der Waals surface area (Å²) < 4.78 is 33.4. The van der Waals surface area contributed by atoms with E-state index in [9.17, 15) is 8.42 Å². The average molecular weight is 548 g/mol. The van der Waals surface area contributed by atoms with E-state index in [-0.39, 0.29) is 29.6 Å². The Morgan fingerprint density at radius 1 is 1.03 bits per heavy atom. The van der Waals surface area contributed by atoms with E-state index >= 15 is 0 Å². The number of nitrogens with one attached hydrogen (secondary N) is 2. The van der Waals surface area contributed by atoms with E-state index in [0.717, 1.165) is 36.6 Å². The second kappa shape index (κ2) is 11.4. The van der Waals surface area contributed by atoms with Crippen molar-refractivity contribution in [3.63, 3.8) is 0 Å². The molecule has 1 atom stereocenters. The maximum Gasteiger partial charge on any atom is 0.232 e. The van der Waals surface area contributed by atoms with Crippen molar-refractivity contribution in [3.8, 4) is 5.75 Å². The van der Waals surface area contributed by atoms with Crippen LogP contribution in [-0.4, -0.2) is 27.3 Å². The lowest BCUT2D eigenvalue weighted by Gasteiger charge is -2.50. The molecule has 5 rings (SSSR count). The van der Waals surface area contributed by atoms with Crippen LogP contribution in [0.2, 0.25) is 5.02 Å². The molecule has 5 nitrogen and oxygen atoms in total. The summed E-state index contributed by atoms with van der Waals surface area (Å²) >= 11 is 6.17. The zero-order valence-corrected chi connectivity index (χ0v) is 22.5. The van der Waals surface area contributed by atoms with E-state index in [1.807, 2.05) is 24.3 Å². The van der Waals surface area contributed by atoms with E-state index in [1.54, 1.807) is 24.3 Å². The molecule has 2 N–H and O–H groups in total. The van der Waals surface area contributed by atoms with Crippen LogP contribution in [0.5, 0.6) is 5.75 Å². The van der Waals surface area contributed by atoms with Crippen molar-refractivity contribution in [2.24, 2.45) is 0 Å². The molecule has 0 bridgehead atoms. The molecule has 3 aromatic carbocycles. The predicted octanol–water partition coefficient (Wildman–Crippen LogP) is 6.28. The normalized spacial score (nSPS) is 18.3. The molecular weight excluding hydrogens is 515 g/mol. The lowest BCUT2D eigenvalue weighted by Crippen LogP contribution is -2.49. The molecule has 3 aromatic rings. The molecular formula is C28H32Cl2N2O3S. The average Bonchev–Trinajstić information content (AvgIpc) is 2.83. The van der Waals surface area contributed by atoms with Gasteiger partial charge in [-0.2, -0.15) is 0 Å². The fourth-order valence-electron chi connectivity index (χ4n) is 5.37. The standard InChI is InChI=1S/C28H31ClN2O3S.ClH/c29-23-11-9-22(10-12-23)28(15-4-16-28)27-26-20-25(13-8-21(26)14-17-30-27)34-18-5-19-35(32,33)31-24-6-2-1-3-7-24;/h1-3,6-13,20,27,30-31H,4-5,14-19H2;1H. The number of para-hydroxylation sites is 1. The van der Waals surface area contributed by atoms with Crippen LogP contribution in [0.25, 0.3) is 0 Å². The number of anilines is 1. The molecule has 192 valence electrons. The molecule has 0 saturated heterocycles. The van der Waals surface area contributed by atoms with Crippen LogP contribution in [0.3, 0.4) is 0 Å². The zero-order valence-electron chi connectivity index (χ0n) is 20.1. The highest BCUT2D eigenvalue weighted by atomic mass is 35.5. The number of benzene rings is 3. The minimum atomic E-state index is -3.41. The SMILES string of the molecule is Cl.O=S(=O)(CCCOc1ccc2c(c1)C(C1(c3ccc(Cl)cc3)CCC1)NCC2)Nc1ccccc1. The highest BCUT2D eigenvalue weighted by Crippen LogP contribution is 2.53. The Morgan fingerprint density at radius 3 is 2.47 bits per heavy atom. The minimum Gasteiger partial charge on any atom is -0.494 e. The fourth-order valence-corrected chi connectivity index (χ4v) is 6.59. The van der Waals surface area contributed by atoms with Crippen LogP contribution in [-0.2, 0) is 21.9 Å². The summed E-state index contributed by atoms with van der Waals surface area (Å²) in [6.45, 7) is 1.30. The van der Waals surface area contributed by atoms with E-state index < -0.39 is 10.0 Å². The number of sulfonamides is 1. The van der Waals surface area contributed by atoms with E-state index in [0.29, 0.717) is 18.7 Å². The quantitative estimate of drug-likeness (QED) is 0.310. The number of ether oxygens (including phenoxy) is 1. The maximum absolute atomic E-state index is 12.4. The Bertz CT molecular complexity index is 1260. The summed E-state index contributed by atoms with van der Waals surface area (Å²) in [7, 11) is -3.41. The lowest BCUT2D eigenvalue weighted by molar-refractivity contribution is 0.164. The third-order valence-corrected chi connectivity index (χ3v) is 8.89. The van der Waals surface area contributed by atoms with Gasteiger partial charge >= 0.3 is 0 Å². The second-order valence-electron chi connectivity index (χ2n) is 9.50.